The number of nitrogens with two attached hydrogens (primary N) is 1. The maximum absolute atomic E-state index is 5.91. The Labute approximate surface area is 103 Å². The van der Waals surface area contributed by atoms with Crippen LogP contribution in [0.2, 0.25) is 0 Å². The molecule has 17 heavy (non-hydrogen) atoms. The molecule has 2 fully saturated rings. The summed E-state index contributed by atoms with van der Waals surface area (Å²) in [5.41, 5.74) is 7.00. The largest absolute Gasteiger partial charge is 0.384 e. The molecule has 2 aliphatic rings. The van der Waals surface area contributed by atoms with Crippen LogP contribution in [0.15, 0.2) is 6.07 Å². The third-order valence-electron chi connectivity index (χ3n) is 4.44. The van der Waals surface area contributed by atoms with Gasteiger partial charge in [0, 0.05) is 17.7 Å². The first-order chi connectivity index (χ1) is 8.13. The summed E-state index contributed by atoms with van der Waals surface area (Å²) >= 11 is 0. The van der Waals surface area contributed by atoms with E-state index in [0.29, 0.717) is 17.7 Å². The van der Waals surface area contributed by atoms with Gasteiger partial charge < -0.3 is 5.73 Å². The van der Waals surface area contributed by atoms with Crippen LogP contribution in [-0.4, -0.2) is 9.97 Å². The third kappa shape index (κ3) is 1.92. The monoisotopic (exact) mass is 231 g/mol. The molecule has 0 aliphatic heterocycles. The van der Waals surface area contributed by atoms with Crippen LogP contribution in [-0.2, 0) is 0 Å². The maximum atomic E-state index is 5.91. The number of anilines is 1. The second-order valence-corrected chi connectivity index (χ2v) is 6.01. The van der Waals surface area contributed by atoms with E-state index in [1.807, 2.05) is 6.07 Å². The lowest BCUT2D eigenvalue weighted by molar-refractivity contribution is 0.404. The van der Waals surface area contributed by atoms with Gasteiger partial charge in [0.25, 0.3) is 0 Å². The Kier molecular flexibility index (Phi) is 2.57. The van der Waals surface area contributed by atoms with Gasteiger partial charge in [-0.25, -0.2) is 9.97 Å². The van der Waals surface area contributed by atoms with Gasteiger partial charge >= 0.3 is 0 Å². The smallest absolute Gasteiger partial charge is 0.134 e. The highest BCUT2D eigenvalue weighted by Gasteiger charge is 2.41. The fourth-order valence-corrected chi connectivity index (χ4v) is 3.53. The summed E-state index contributed by atoms with van der Waals surface area (Å²) in [5.74, 6) is 4.41. The summed E-state index contributed by atoms with van der Waals surface area (Å²) < 4.78 is 0. The van der Waals surface area contributed by atoms with Crippen LogP contribution in [0.3, 0.4) is 0 Å². The molecular formula is C14H21N3. The van der Waals surface area contributed by atoms with E-state index in [9.17, 15) is 0 Å². The minimum absolute atomic E-state index is 0.428. The molecule has 1 aromatic heterocycles. The first-order valence-electron chi connectivity index (χ1n) is 6.78. The third-order valence-corrected chi connectivity index (χ3v) is 4.44. The lowest BCUT2D eigenvalue weighted by Crippen LogP contribution is -2.14. The van der Waals surface area contributed by atoms with Crippen molar-refractivity contribution in [2.75, 3.05) is 5.73 Å². The number of nitrogens with zero attached hydrogens (tertiary/aromatic N) is 2. The molecule has 2 N–H and O–H groups in total. The molecule has 0 amide bonds. The average Bonchev–Trinajstić information content (AvgIpc) is 2.89. The minimum atomic E-state index is 0.428. The Hall–Kier alpha value is -1.12. The van der Waals surface area contributed by atoms with E-state index in [-0.39, 0.29) is 0 Å². The molecule has 3 atom stereocenters. The van der Waals surface area contributed by atoms with Gasteiger partial charge in [0.15, 0.2) is 0 Å². The van der Waals surface area contributed by atoms with Crippen molar-refractivity contribution in [2.45, 2.75) is 51.4 Å². The molecule has 92 valence electrons. The van der Waals surface area contributed by atoms with Crippen molar-refractivity contribution in [3.05, 3.63) is 17.6 Å². The zero-order chi connectivity index (χ0) is 12.0. The van der Waals surface area contributed by atoms with Crippen molar-refractivity contribution < 1.29 is 0 Å². The van der Waals surface area contributed by atoms with Crippen molar-refractivity contribution in [2.24, 2.45) is 11.8 Å². The van der Waals surface area contributed by atoms with Crippen molar-refractivity contribution in [1.29, 1.82) is 0 Å². The Morgan fingerprint density at radius 2 is 2.06 bits per heavy atom. The predicted octanol–water partition coefficient (Wildman–Crippen LogP) is 3.09. The van der Waals surface area contributed by atoms with Gasteiger partial charge in [-0.3, -0.25) is 0 Å². The molecule has 2 saturated carbocycles. The summed E-state index contributed by atoms with van der Waals surface area (Å²) in [6.07, 6.45) is 5.45. The molecule has 3 nitrogen and oxygen atoms in total. The van der Waals surface area contributed by atoms with Crippen LogP contribution in [0.1, 0.15) is 62.9 Å². The van der Waals surface area contributed by atoms with Crippen LogP contribution >= 0.6 is 0 Å². The van der Waals surface area contributed by atoms with Gasteiger partial charge in [-0.15, -0.1) is 0 Å². The summed E-state index contributed by atoms with van der Waals surface area (Å²) in [5, 5.41) is 0. The van der Waals surface area contributed by atoms with Crippen molar-refractivity contribution in [1.82, 2.24) is 9.97 Å². The highest BCUT2D eigenvalue weighted by atomic mass is 15.0. The van der Waals surface area contributed by atoms with E-state index in [2.05, 4.69) is 18.8 Å². The van der Waals surface area contributed by atoms with Gasteiger partial charge in [0.1, 0.15) is 11.6 Å². The zero-order valence-electron chi connectivity index (χ0n) is 10.7. The van der Waals surface area contributed by atoms with E-state index in [4.69, 9.17) is 10.7 Å². The number of aromatic nitrogens is 2. The highest BCUT2D eigenvalue weighted by Crippen LogP contribution is 2.52. The van der Waals surface area contributed by atoms with Gasteiger partial charge in [-0.2, -0.15) is 0 Å². The molecule has 3 heteroatoms. The maximum Gasteiger partial charge on any atom is 0.134 e. The summed E-state index contributed by atoms with van der Waals surface area (Å²) in [4.78, 5) is 9.23. The fourth-order valence-electron chi connectivity index (χ4n) is 3.53. The molecule has 0 spiro atoms. The average molecular weight is 231 g/mol. The van der Waals surface area contributed by atoms with Crippen LogP contribution in [0, 0.1) is 11.8 Å². The molecule has 1 aromatic rings. The van der Waals surface area contributed by atoms with E-state index in [1.165, 1.54) is 25.7 Å². The number of nitrogen functional groups attached to an aromatic ring is 1. The molecule has 0 radical (unpaired) electrons. The second kappa shape index (κ2) is 3.97. The van der Waals surface area contributed by atoms with Crippen molar-refractivity contribution in [3.8, 4) is 0 Å². The standard InChI is InChI=1S/C14H21N3/c1-8(2)12-7-13(15)17-14(16-12)11-6-9-3-4-10(11)5-9/h7-11H,3-6H2,1-2H3,(H2,15,16,17). The van der Waals surface area contributed by atoms with Crippen LogP contribution in [0.25, 0.3) is 0 Å². The quantitative estimate of drug-likeness (QED) is 0.851. The summed E-state index contributed by atoms with van der Waals surface area (Å²) in [6, 6.07) is 1.92. The van der Waals surface area contributed by atoms with Crippen LogP contribution in [0.4, 0.5) is 5.82 Å². The fraction of sp³-hybridized carbons (Fsp3) is 0.714. The topological polar surface area (TPSA) is 51.8 Å². The predicted molar refractivity (Wildman–Crippen MR) is 68.7 cm³/mol. The summed E-state index contributed by atoms with van der Waals surface area (Å²) in [7, 11) is 0. The number of hydrogen-bond acceptors (Lipinski definition) is 3. The van der Waals surface area contributed by atoms with E-state index in [1.54, 1.807) is 0 Å². The molecule has 2 aliphatic carbocycles. The van der Waals surface area contributed by atoms with E-state index >= 15 is 0 Å². The van der Waals surface area contributed by atoms with Gasteiger partial charge in [0.05, 0.1) is 0 Å². The lowest BCUT2D eigenvalue weighted by atomic mass is 9.88. The normalized spacial score (nSPS) is 31.4. The van der Waals surface area contributed by atoms with E-state index < -0.39 is 0 Å². The summed E-state index contributed by atoms with van der Waals surface area (Å²) in [6.45, 7) is 4.32. The van der Waals surface area contributed by atoms with E-state index in [0.717, 1.165) is 23.4 Å². The first-order valence-corrected chi connectivity index (χ1v) is 6.78. The second-order valence-electron chi connectivity index (χ2n) is 6.01. The van der Waals surface area contributed by atoms with Crippen LogP contribution < -0.4 is 5.73 Å². The highest BCUT2D eigenvalue weighted by molar-refractivity contribution is 5.32. The molecule has 1 heterocycles. The molecule has 3 unspecified atom stereocenters. The Morgan fingerprint density at radius 3 is 2.65 bits per heavy atom. The zero-order valence-corrected chi connectivity index (χ0v) is 10.7. The first kappa shape index (κ1) is 11.0. The van der Waals surface area contributed by atoms with Gasteiger partial charge in [-0.05, 0) is 37.0 Å². The Bertz CT molecular complexity index is 427. The Morgan fingerprint density at radius 1 is 1.24 bits per heavy atom. The molecule has 3 rings (SSSR count). The van der Waals surface area contributed by atoms with Crippen molar-refractivity contribution >= 4 is 5.82 Å². The van der Waals surface area contributed by atoms with Gasteiger partial charge in [-0.1, -0.05) is 20.3 Å². The Balaban J connectivity index is 1.92. The molecule has 0 saturated heterocycles. The SMILES string of the molecule is CC(C)c1cc(N)nc(C2CC3CCC2C3)n1. The van der Waals surface area contributed by atoms with Crippen molar-refractivity contribution in [3.63, 3.8) is 0 Å². The number of rotatable bonds is 2. The minimum Gasteiger partial charge on any atom is -0.384 e. The molecule has 2 bridgehead atoms. The lowest BCUT2D eigenvalue weighted by Gasteiger charge is -2.21. The molecule has 0 aromatic carbocycles. The molecular weight excluding hydrogens is 210 g/mol. The van der Waals surface area contributed by atoms with Gasteiger partial charge in [0.2, 0.25) is 0 Å². The van der Waals surface area contributed by atoms with Crippen LogP contribution in [0.5, 0.6) is 0 Å². The number of fused-ring (bicyclic) bond motifs is 2. The number of hydrogen-bond donors (Lipinski definition) is 1.